The van der Waals surface area contributed by atoms with Crippen LogP contribution >= 0.6 is 27.3 Å². The van der Waals surface area contributed by atoms with Gasteiger partial charge in [0.2, 0.25) is 4.80 Å². The molecule has 1 amide bonds. The van der Waals surface area contributed by atoms with Gasteiger partial charge in [0, 0.05) is 21.6 Å². The summed E-state index contributed by atoms with van der Waals surface area (Å²) < 4.78 is 8.33. The minimum absolute atomic E-state index is 0.0234. The fourth-order valence-electron chi connectivity index (χ4n) is 3.34. The van der Waals surface area contributed by atoms with Crippen molar-refractivity contribution in [1.82, 2.24) is 9.66 Å². The van der Waals surface area contributed by atoms with E-state index >= 15 is 0 Å². The van der Waals surface area contributed by atoms with Gasteiger partial charge < -0.3 is 10.1 Å². The van der Waals surface area contributed by atoms with Crippen molar-refractivity contribution in [1.29, 1.82) is 0 Å². The molecule has 0 spiro atoms. The topological polar surface area (TPSA) is 80.9 Å². The van der Waals surface area contributed by atoms with Crippen molar-refractivity contribution < 1.29 is 9.53 Å². The molecule has 1 aliphatic heterocycles. The zero-order valence-corrected chi connectivity index (χ0v) is 19.9. The molecule has 33 heavy (non-hydrogen) atoms. The number of hydrogen-bond acceptors (Lipinski definition) is 6. The number of ether oxygens (including phenoxy) is 1. The maximum atomic E-state index is 11.8. The Labute approximate surface area is 202 Å². The molecule has 1 N–H and O–H groups in total. The van der Waals surface area contributed by atoms with E-state index in [1.807, 2.05) is 71.6 Å². The van der Waals surface area contributed by atoms with Crippen molar-refractivity contribution in [2.45, 2.75) is 6.92 Å². The highest BCUT2D eigenvalue weighted by atomic mass is 79.9. The largest absolute Gasteiger partial charge is 0.482 e. The van der Waals surface area contributed by atoms with E-state index in [4.69, 9.17) is 14.8 Å². The molecule has 3 heterocycles. The molecule has 0 bridgehead atoms. The van der Waals surface area contributed by atoms with E-state index in [2.05, 4.69) is 26.2 Å². The number of amides is 1. The Bertz CT molecular complexity index is 1430. The van der Waals surface area contributed by atoms with Crippen LogP contribution in [0.15, 0.2) is 86.9 Å². The third-order valence-corrected chi connectivity index (χ3v) is 6.32. The van der Waals surface area contributed by atoms with E-state index in [1.54, 1.807) is 12.4 Å². The van der Waals surface area contributed by atoms with Gasteiger partial charge in [0.1, 0.15) is 5.75 Å². The lowest BCUT2D eigenvalue weighted by atomic mass is 10.1. The first-order chi connectivity index (χ1) is 16.1. The number of hydrogen-bond donors (Lipinski definition) is 1. The summed E-state index contributed by atoms with van der Waals surface area (Å²) in [7, 11) is 0. The van der Waals surface area contributed by atoms with Crippen LogP contribution in [0.2, 0.25) is 0 Å². The summed E-state index contributed by atoms with van der Waals surface area (Å²) in [6.45, 7) is 1.99. The molecule has 0 aliphatic carbocycles. The van der Waals surface area contributed by atoms with Gasteiger partial charge in [0.05, 0.1) is 29.0 Å². The van der Waals surface area contributed by atoms with Gasteiger partial charge in [-0.1, -0.05) is 28.1 Å². The number of pyridine rings is 1. The Hall–Kier alpha value is -3.56. The summed E-state index contributed by atoms with van der Waals surface area (Å²) in [5.74, 6) is 0.476. The molecule has 164 valence electrons. The zero-order chi connectivity index (χ0) is 22.8. The third-order valence-electron chi connectivity index (χ3n) is 4.98. The van der Waals surface area contributed by atoms with Crippen molar-refractivity contribution in [2.24, 2.45) is 10.1 Å². The van der Waals surface area contributed by atoms with Crippen molar-refractivity contribution in [3.63, 3.8) is 0 Å². The number of benzene rings is 2. The zero-order valence-electron chi connectivity index (χ0n) is 17.5. The number of nitrogens with zero attached hydrogens (tertiary/aromatic N) is 4. The second-order valence-electron chi connectivity index (χ2n) is 7.28. The number of aromatic nitrogens is 2. The Kier molecular flexibility index (Phi) is 5.89. The molecular formula is C24H18BrN5O2S. The SMILES string of the molecule is CC(=Nn1c(-c2ccc3c(c2)NC(=O)CO3)csc1=Nc1cccnc1)c1ccc(Br)cc1. The monoisotopic (exact) mass is 519 g/mol. The molecule has 7 nitrogen and oxygen atoms in total. The fraction of sp³-hybridized carbons (Fsp3) is 0.0833. The van der Waals surface area contributed by atoms with Crippen LogP contribution in [-0.4, -0.2) is 27.9 Å². The van der Waals surface area contributed by atoms with Crippen LogP contribution in [0.5, 0.6) is 5.75 Å². The maximum absolute atomic E-state index is 11.8. The van der Waals surface area contributed by atoms with Crippen molar-refractivity contribution in [3.8, 4) is 17.0 Å². The van der Waals surface area contributed by atoms with Gasteiger partial charge in [-0.05, 0) is 55.0 Å². The fourth-order valence-corrected chi connectivity index (χ4v) is 4.46. The quantitative estimate of drug-likeness (QED) is 0.375. The number of thiazole rings is 1. The smallest absolute Gasteiger partial charge is 0.262 e. The van der Waals surface area contributed by atoms with E-state index in [1.165, 1.54) is 11.3 Å². The van der Waals surface area contributed by atoms with Crippen LogP contribution in [0.1, 0.15) is 12.5 Å². The first-order valence-electron chi connectivity index (χ1n) is 10.1. The van der Waals surface area contributed by atoms with Gasteiger partial charge in [0.25, 0.3) is 5.91 Å². The van der Waals surface area contributed by atoms with E-state index in [-0.39, 0.29) is 12.5 Å². The molecule has 0 radical (unpaired) electrons. The van der Waals surface area contributed by atoms with Crippen LogP contribution in [-0.2, 0) is 4.79 Å². The standard InChI is InChI=1S/C24H18BrN5O2S/c1-15(16-4-7-18(25)8-5-16)29-30-21(14-33-24(30)27-19-3-2-10-26-12-19)17-6-9-22-20(11-17)28-23(31)13-32-22/h2-12,14H,13H2,1H3,(H,28,31). The summed E-state index contributed by atoms with van der Waals surface area (Å²) in [6.07, 6.45) is 3.42. The number of nitrogens with one attached hydrogen (secondary N) is 1. The molecular weight excluding hydrogens is 502 g/mol. The summed E-state index contributed by atoms with van der Waals surface area (Å²) >= 11 is 4.95. The lowest BCUT2D eigenvalue weighted by Gasteiger charge is -2.18. The normalized spacial score (nSPS) is 13.9. The van der Waals surface area contributed by atoms with Gasteiger partial charge in [-0.25, -0.2) is 9.67 Å². The average molecular weight is 520 g/mol. The second-order valence-corrected chi connectivity index (χ2v) is 9.03. The molecule has 9 heteroatoms. The highest BCUT2D eigenvalue weighted by Gasteiger charge is 2.18. The molecule has 5 rings (SSSR count). The number of carbonyl (C=O) groups is 1. The Morgan fingerprint density at radius 3 is 2.85 bits per heavy atom. The van der Waals surface area contributed by atoms with Gasteiger partial charge >= 0.3 is 0 Å². The Morgan fingerprint density at radius 2 is 2.06 bits per heavy atom. The maximum Gasteiger partial charge on any atom is 0.262 e. The number of halogens is 1. The summed E-state index contributed by atoms with van der Waals surface area (Å²) in [5, 5.41) is 9.78. The van der Waals surface area contributed by atoms with Crippen molar-refractivity contribution in [3.05, 3.63) is 87.2 Å². The molecule has 2 aromatic heterocycles. The number of anilines is 1. The summed E-state index contributed by atoms with van der Waals surface area (Å²) in [5.41, 5.74) is 4.95. The van der Waals surface area contributed by atoms with Crippen LogP contribution in [0, 0.1) is 0 Å². The van der Waals surface area contributed by atoms with Crippen LogP contribution < -0.4 is 14.9 Å². The molecule has 4 aromatic rings. The predicted molar refractivity (Wildman–Crippen MR) is 133 cm³/mol. The second kappa shape index (κ2) is 9.13. The van der Waals surface area contributed by atoms with Gasteiger partial charge in [-0.3, -0.25) is 9.78 Å². The minimum atomic E-state index is -0.172. The lowest BCUT2D eigenvalue weighted by molar-refractivity contribution is -0.118. The van der Waals surface area contributed by atoms with Crippen molar-refractivity contribution >= 4 is 50.3 Å². The van der Waals surface area contributed by atoms with Crippen LogP contribution in [0.4, 0.5) is 11.4 Å². The first kappa shape index (κ1) is 21.3. The molecule has 2 aromatic carbocycles. The van der Waals surface area contributed by atoms with Gasteiger partial charge in [0.15, 0.2) is 6.61 Å². The molecule has 1 aliphatic rings. The molecule has 0 fully saturated rings. The van der Waals surface area contributed by atoms with E-state index < -0.39 is 0 Å². The Morgan fingerprint density at radius 1 is 1.21 bits per heavy atom. The molecule has 0 unspecified atom stereocenters. The predicted octanol–water partition coefficient (Wildman–Crippen LogP) is 5.21. The van der Waals surface area contributed by atoms with E-state index in [0.29, 0.717) is 16.2 Å². The highest BCUT2D eigenvalue weighted by molar-refractivity contribution is 9.10. The minimum Gasteiger partial charge on any atom is -0.482 e. The number of rotatable bonds is 4. The van der Waals surface area contributed by atoms with E-state index in [9.17, 15) is 4.79 Å². The van der Waals surface area contributed by atoms with E-state index in [0.717, 1.165) is 32.7 Å². The Balaban J connectivity index is 1.65. The summed E-state index contributed by atoms with van der Waals surface area (Å²) in [4.78, 5) is 21.4. The van der Waals surface area contributed by atoms with Crippen LogP contribution in [0.25, 0.3) is 11.3 Å². The summed E-state index contributed by atoms with van der Waals surface area (Å²) in [6, 6.07) is 17.4. The number of fused-ring (bicyclic) bond motifs is 1. The van der Waals surface area contributed by atoms with Gasteiger partial charge in [-0.2, -0.15) is 5.10 Å². The van der Waals surface area contributed by atoms with Crippen molar-refractivity contribution in [2.75, 3.05) is 11.9 Å². The average Bonchev–Trinajstić information content (AvgIpc) is 3.21. The molecule has 0 saturated carbocycles. The third kappa shape index (κ3) is 4.64. The van der Waals surface area contributed by atoms with Gasteiger partial charge in [-0.15, -0.1) is 11.3 Å². The lowest BCUT2D eigenvalue weighted by Crippen LogP contribution is -2.25. The first-order valence-corrected chi connectivity index (χ1v) is 11.8. The molecule has 0 saturated heterocycles. The number of carbonyl (C=O) groups excluding carboxylic acids is 1. The highest BCUT2D eigenvalue weighted by Crippen LogP contribution is 2.33. The molecule has 0 atom stereocenters. The van der Waals surface area contributed by atoms with Crippen LogP contribution in [0.3, 0.4) is 0 Å².